The van der Waals surface area contributed by atoms with E-state index in [0.717, 1.165) is 21.6 Å². The number of urea groups is 1. The van der Waals surface area contributed by atoms with Gasteiger partial charge in [-0.3, -0.25) is 9.59 Å². The van der Waals surface area contributed by atoms with E-state index in [2.05, 4.69) is 17.2 Å². The lowest BCUT2D eigenvalue weighted by Gasteiger charge is -2.17. The Morgan fingerprint density at radius 2 is 1.80 bits per heavy atom. The molecule has 1 aliphatic rings. The number of nitrogens with zero attached hydrogens (tertiary/aromatic N) is 1. The molecule has 1 fully saturated rings. The summed E-state index contributed by atoms with van der Waals surface area (Å²) in [7, 11) is 0. The molecule has 0 radical (unpaired) electrons. The summed E-state index contributed by atoms with van der Waals surface area (Å²) in [5, 5.41) is 6.26. The molecule has 10 heteroatoms. The van der Waals surface area contributed by atoms with Crippen molar-refractivity contribution in [1.29, 1.82) is 0 Å². The van der Waals surface area contributed by atoms with Gasteiger partial charge in [-0.25, -0.2) is 9.69 Å². The summed E-state index contributed by atoms with van der Waals surface area (Å²) >= 11 is 12.3. The quantitative estimate of drug-likeness (QED) is 0.149. The summed E-state index contributed by atoms with van der Waals surface area (Å²) < 4.78 is 12.0. The number of hydrogen-bond acceptors (Lipinski definition) is 5. The van der Waals surface area contributed by atoms with Crippen molar-refractivity contribution in [3.63, 3.8) is 0 Å². The van der Waals surface area contributed by atoms with Gasteiger partial charge < -0.3 is 20.1 Å². The monoisotopic (exact) mass is 593 g/mol. The average molecular weight is 594 g/mol. The third-order valence-electron chi connectivity index (χ3n) is 6.12. The summed E-state index contributed by atoms with van der Waals surface area (Å²) in [5.41, 5.74) is 3.75. The molecule has 41 heavy (non-hydrogen) atoms. The lowest BCUT2D eigenvalue weighted by Crippen LogP contribution is -2.38. The minimum atomic E-state index is -0.684. The van der Waals surface area contributed by atoms with Crippen molar-refractivity contribution in [2.45, 2.75) is 26.9 Å². The SMILES string of the molecule is C=CCc1cc(/C=C2/NC(=O)N(CC(=O)Nc3ccc(C)cc3)C2=O)cc(OCC)c1OCc1ccc(Cl)cc1Cl. The van der Waals surface area contributed by atoms with Gasteiger partial charge in [-0.05, 0) is 68.3 Å². The number of carbonyl (C=O) groups is 3. The molecule has 0 bridgehead atoms. The molecule has 212 valence electrons. The molecule has 0 atom stereocenters. The second-order valence-corrected chi connectivity index (χ2v) is 10.1. The Hall–Kier alpha value is -4.27. The van der Waals surface area contributed by atoms with E-state index in [1.54, 1.807) is 42.5 Å². The van der Waals surface area contributed by atoms with Crippen LogP contribution in [0.1, 0.15) is 29.2 Å². The number of carbonyl (C=O) groups excluding carboxylic acids is 3. The molecule has 1 aliphatic heterocycles. The molecule has 0 unspecified atom stereocenters. The van der Waals surface area contributed by atoms with Gasteiger partial charge in [0.05, 0.1) is 6.61 Å². The summed E-state index contributed by atoms with van der Waals surface area (Å²) in [6.07, 6.45) is 3.71. The fraction of sp³-hybridized carbons (Fsp3) is 0.194. The first-order chi connectivity index (χ1) is 19.7. The van der Waals surface area contributed by atoms with Crippen molar-refractivity contribution < 1.29 is 23.9 Å². The second-order valence-electron chi connectivity index (χ2n) is 9.25. The number of nitrogens with one attached hydrogen (secondary N) is 2. The Balaban J connectivity index is 1.55. The van der Waals surface area contributed by atoms with Crippen molar-refractivity contribution >= 4 is 52.8 Å². The normalized spacial score (nSPS) is 13.8. The highest BCUT2D eigenvalue weighted by molar-refractivity contribution is 6.35. The van der Waals surface area contributed by atoms with E-state index in [1.165, 1.54) is 6.08 Å². The molecular formula is C31H29Cl2N3O5. The summed E-state index contributed by atoms with van der Waals surface area (Å²) in [5.74, 6) is -0.145. The fourth-order valence-corrected chi connectivity index (χ4v) is 4.62. The van der Waals surface area contributed by atoms with Crippen LogP contribution in [0, 0.1) is 6.92 Å². The third kappa shape index (κ3) is 7.48. The number of allylic oxidation sites excluding steroid dienone is 1. The highest BCUT2D eigenvalue weighted by Crippen LogP contribution is 2.36. The van der Waals surface area contributed by atoms with Gasteiger partial charge in [0, 0.05) is 26.9 Å². The Kier molecular flexibility index (Phi) is 9.70. The standard InChI is InChI=1S/C31H29Cl2N3O5/c1-4-6-21-13-20(15-27(40-5-2)29(21)41-18-22-9-10-23(32)16-25(22)33)14-26-30(38)36(31(39)35-26)17-28(37)34-24-11-7-19(3)8-12-24/h4,7-16H,1,5-6,17-18H2,2-3H3,(H,34,37)(H,35,39)/b26-14+. The Morgan fingerprint density at radius 1 is 1.05 bits per heavy atom. The number of aryl methyl sites for hydroxylation is 1. The molecule has 0 spiro atoms. The maximum atomic E-state index is 13.1. The van der Waals surface area contributed by atoms with Gasteiger partial charge in [-0.1, -0.05) is 53.0 Å². The zero-order valence-corrected chi connectivity index (χ0v) is 24.1. The average Bonchev–Trinajstić information content (AvgIpc) is 3.18. The van der Waals surface area contributed by atoms with E-state index in [-0.39, 0.29) is 12.3 Å². The highest BCUT2D eigenvalue weighted by Gasteiger charge is 2.35. The molecule has 4 rings (SSSR count). The largest absolute Gasteiger partial charge is 0.490 e. The minimum Gasteiger partial charge on any atom is -0.490 e. The van der Waals surface area contributed by atoms with Gasteiger partial charge >= 0.3 is 6.03 Å². The first-order valence-corrected chi connectivity index (χ1v) is 13.6. The van der Waals surface area contributed by atoms with Crippen LogP contribution in [-0.4, -0.2) is 35.9 Å². The molecule has 8 nitrogen and oxygen atoms in total. The summed E-state index contributed by atoms with van der Waals surface area (Å²) in [6.45, 7) is 7.73. The first kappa shape index (κ1) is 29.7. The highest BCUT2D eigenvalue weighted by atomic mass is 35.5. The van der Waals surface area contributed by atoms with Crippen LogP contribution >= 0.6 is 23.2 Å². The van der Waals surface area contributed by atoms with Crippen molar-refractivity contribution in [3.8, 4) is 11.5 Å². The van der Waals surface area contributed by atoms with Crippen molar-refractivity contribution in [1.82, 2.24) is 10.2 Å². The molecular weight excluding hydrogens is 565 g/mol. The Labute approximate surface area is 248 Å². The van der Waals surface area contributed by atoms with Crippen LogP contribution in [0.2, 0.25) is 10.0 Å². The lowest BCUT2D eigenvalue weighted by atomic mass is 10.0. The zero-order valence-electron chi connectivity index (χ0n) is 22.6. The van der Waals surface area contributed by atoms with Crippen LogP contribution < -0.4 is 20.1 Å². The molecule has 4 amide bonds. The van der Waals surface area contributed by atoms with Crippen LogP contribution in [0.15, 0.2) is 72.9 Å². The molecule has 1 heterocycles. The Bertz CT molecular complexity index is 1520. The van der Waals surface area contributed by atoms with Crippen molar-refractivity contribution in [2.24, 2.45) is 0 Å². The van der Waals surface area contributed by atoms with Gasteiger partial charge in [0.2, 0.25) is 5.91 Å². The first-order valence-electron chi connectivity index (χ1n) is 12.9. The second kappa shape index (κ2) is 13.4. The van der Waals surface area contributed by atoms with E-state index in [4.69, 9.17) is 32.7 Å². The van der Waals surface area contributed by atoms with Gasteiger partial charge in [-0.15, -0.1) is 6.58 Å². The molecule has 3 aromatic carbocycles. The van der Waals surface area contributed by atoms with Crippen LogP contribution in [0.4, 0.5) is 10.5 Å². The molecule has 0 saturated carbocycles. The van der Waals surface area contributed by atoms with Crippen LogP contribution in [0.5, 0.6) is 11.5 Å². The van der Waals surface area contributed by atoms with E-state index in [1.807, 2.05) is 32.0 Å². The summed E-state index contributed by atoms with van der Waals surface area (Å²) in [6, 6.07) is 15.2. The number of benzene rings is 3. The summed E-state index contributed by atoms with van der Waals surface area (Å²) in [4.78, 5) is 39.0. The maximum Gasteiger partial charge on any atom is 0.329 e. The third-order valence-corrected chi connectivity index (χ3v) is 6.70. The Morgan fingerprint density at radius 3 is 2.49 bits per heavy atom. The minimum absolute atomic E-state index is 0.0340. The van der Waals surface area contributed by atoms with E-state index >= 15 is 0 Å². The number of ether oxygens (including phenoxy) is 2. The smallest absolute Gasteiger partial charge is 0.329 e. The number of rotatable bonds is 11. The lowest BCUT2D eigenvalue weighted by molar-refractivity contribution is -0.127. The number of imide groups is 1. The maximum absolute atomic E-state index is 13.1. The zero-order chi connectivity index (χ0) is 29.5. The van der Waals surface area contributed by atoms with Crippen LogP contribution in [-0.2, 0) is 22.6 Å². The number of amides is 4. The number of anilines is 1. The van der Waals surface area contributed by atoms with Gasteiger partial charge in [0.1, 0.15) is 18.8 Å². The van der Waals surface area contributed by atoms with E-state index in [9.17, 15) is 14.4 Å². The molecule has 0 aliphatic carbocycles. The number of halogens is 2. The van der Waals surface area contributed by atoms with E-state index in [0.29, 0.717) is 45.8 Å². The van der Waals surface area contributed by atoms with Crippen LogP contribution in [0.3, 0.4) is 0 Å². The molecule has 2 N–H and O–H groups in total. The predicted molar refractivity (Wildman–Crippen MR) is 160 cm³/mol. The van der Waals surface area contributed by atoms with Gasteiger partial charge in [0.15, 0.2) is 11.5 Å². The van der Waals surface area contributed by atoms with Crippen LogP contribution in [0.25, 0.3) is 6.08 Å². The van der Waals surface area contributed by atoms with Gasteiger partial charge in [-0.2, -0.15) is 0 Å². The molecule has 0 aromatic heterocycles. The molecule has 3 aromatic rings. The predicted octanol–water partition coefficient (Wildman–Crippen LogP) is 6.54. The topological polar surface area (TPSA) is 97.0 Å². The number of hydrogen-bond donors (Lipinski definition) is 2. The van der Waals surface area contributed by atoms with Gasteiger partial charge in [0.25, 0.3) is 5.91 Å². The fourth-order valence-electron chi connectivity index (χ4n) is 4.15. The van der Waals surface area contributed by atoms with E-state index < -0.39 is 24.4 Å². The van der Waals surface area contributed by atoms with Crippen molar-refractivity contribution in [3.05, 3.63) is 105 Å². The molecule has 1 saturated heterocycles. The van der Waals surface area contributed by atoms with Crippen molar-refractivity contribution in [2.75, 3.05) is 18.5 Å².